The summed E-state index contributed by atoms with van der Waals surface area (Å²) in [4.78, 5) is 0.664. The van der Waals surface area contributed by atoms with Crippen LogP contribution in [0.25, 0.3) is 0 Å². The molecule has 1 atom stereocenters. The Labute approximate surface area is 115 Å². The summed E-state index contributed by atoms with van der Waals surface area (Å²) >= 11 is 3.75. The maximum absolute atomic E-state index is 3.75. The van der Waals surface area contributed by atoms with Gasteiger partial charge in [0, 0.05) is 4.83 Å². The molecule has 17 heavy (non-hydrogen) atoms. The monoisotopic (exact) mass is 296 g/mol. The van der Waals surface area contributed by atoms with Gasteiger partial charge in [-0.2, -0.15) is 0 Å². The van der Waals surface area contributed by atoms with Gasteiger partial charge in [0.15, 0.2) is 0 Å². The topological polar surface area (TPSA) is 0 Å². The van der Waals surface area contributed by atoms with Crippen molar-refractivity contribution in [1.82, 2.24) is 0 Å². The average molecular weight is 297 g/mol. The first-order valence-electron chi connectivity index (χ1n) is 6.73. The van der Waals surface area contributed by atoms with Gasteiger partial charge in [-0.25, -0.2) is 0 Å². The minimum atomic E-state index is 0.636. The molecule has 0 aliphatic rings. The predicted octanol–water partition coefficient (Wildman–Crippen LogP) is 5.55. The van der Waals surface area contributed by atoms with E-state index in [1.165, 1.54) is 30.4 Å². The maximum atomic E-state index is 3.75. The lowest BCUT2D eigenvalue weighted by Gasteiger charge is -2.13. The summed E-state index contributed by atoms with van der Waals surface area (Å²) in [6.45, 7) is 9.04. The molecule has 1 rings (SSSR count). The van der Waals surface area contributed by atoms with E-state index in [-0.39, 0.29) is 0 Å². The molecule has 0 radical (unpaired) electrons. The highest BCUT2D eigenvalue weighted by molar-refractivity contribution is 9.09. The molecule has 0 saturated carbocycles. The summed E-state index contributed by atoms with van der Waals surface area (Å²) in [5.41, 5.74) is 2.91. The maximum Gasteiger partial charge on any atom is 0.0168 e. The van der Waals surface area contributed by atoms with Crippen LogP contribution >= 0.6 is 15.9 Å². The molecule has 0 aliphatic carbocycles. The molecule has 0 heterocycles. The van der Waals surface area contributed by atoms with E-state index in [0.717, 1.165) is 5.92 Å². The van der Waals surface area contributed by atoms with E-state index in [4.69, 9.17) is 0 Å². The first-order chi connectivity index (χ1) is 8.00. The quantitative estimate of drug-likeness (QED) is 0.604. The first-order valence-corrected chi connectivity index (χ1v) is 7.65. The van der Waals surface area contributed by atoms with Crippen molar-refractivity contribution in [2.45, 2.75) is 57.7 Å². The fourth-order valence-electron chi connectivity index (χ4n) is 1.90. The van der Waals surface area contributed by atoms with Crippen molar-refractivity contribution in [3.05, 3.63) is 35.4 Å². The number of halogens is 1. The van der Waals surface area contributed by atoms with Crippen molar-refractivity contribution in [2.75, 3.05) is 0 Å². The molecular weight excluding hydrogens is 272 g/mol. The lowest BCUT2D eigenvalue weighted by Crippen LogP contribution is -2.07. The molecule has 1 aromatic rings. The molecule has 96 valence electrons. The van der Waals surface area contributed by atoms with Gasteiger partial charge >= 0.3 is 0 Å². The Morgan fingerprint density at radius 3 is 2.06 bits per heavy atom. The van der Waals surface area contributed by atoms with Crippen molar-refractivity contribution in [3.8, 4) is 0 Å². The van der Waals surface area contributed by atoms with Gasteiger partial charge in [-0.1, -0.05) is 67.9 Å². The summed E-state index contributed by atoms with van der Waals surface area (Å²) in [7, 11) is 0. The SMILES string of the molecule is CC(C)c1ccc(CCCC(Br)C(C)C)cc1. The van der Waals surface area contributed by atoms with Crippen molar-refractivity contribution in [1.29, 1.82) is 0 Å². The van der Waals surface area contributed by atoms with Gasteiger partial charge in [0.25, 0.3) is 0 Å². The Morgan fingerprint density at radius 2 is 1.59 bits per heavy atom. The summed E-state index contributed by atoms with van der Waals surface area (Å²) in [6, 6.07) is 9.12. The van der Waals surface area contributed by atoms with E-state index < -0.39 is 0 Å². The third-order valence-electron chi connectivity index (χ3n) is 3.32. The predicted molar refractivity (Wildman–Crippen MR) is 81.0 cm³/mol. The van der Waals surface area contributed by atoms with Crippen LogP contribution in [0.1, 0.15) is 57.6 Å². The molecule has 1 heteroatoms. The van der Waals surface area contributed by atoms with Crippen LogP contribution in [0, 0.1) is 5.92 Å². The Balaban J connectivity index is 2.37. The van der Waals surface area contributed by atoms with E-state index in [1.807, 2.05) is 0 Å². The molecule has 0 N–H and O–H groups in total. The normalized spacial score (nSPS) is 13.4. The van der Waals surface area contributed by atoms with Crippen molar-refractivity contribution in [2.24, 2.45) is 5.92 Å². The highest BCUT2D eigenvalue weighted by Crippen LogP contribution is 2.20. The number of alkyl halides is 1. The lowest BCUT2D eigenvalue weighted by atomic mass is 9.98. The Hall–Kier alpha value is -0.300. The highest BCUT2D eigenvalue weighted by atomic mass is 79.9. The van der Waals surface area contributed by atoms with Gasteiger partial charge in [-0.15, -0.1) is 0 Å². The molecule has 0 aliphatic heterocycles. The number of rotatable bonds is 6. The van der Waals surface area contributed by atoms with E-state index in [2.05, 4.69) is 67.9 Å². The van der Waals surface area contributed by atoms with Gasteiger partial charge in [0.1, 0.15) is 0 Å². The Bertz CT molecular complexity index is 311. The Morgan fingerprint density at radius 1 is 1.00 bits per heavy atom. The van der Waals surface area contributed by atoms with Crippen LogP contribution in [0.15, 0.2) is 24.3 Å². The fourth-order valence-corrected chi connectivity index (χ4v) is 2.23. The third kappa shape index (κ3) is 5.25. The van der Waals surface area contributed by atoms with Gasteiger partial charge < -0.3 is 0 Å². The molecule has 1 unspecified atom stereocenters. The summed E-state index contributed by atoms with van der Waals surface area (Å²) in [5.74, 6) is 1.37. The smallest absolute Gasteiger partial charge is 0.0168 e. The second-order valence-corrected chi connectivity index (χ2v) is 6.72. The Kier molecular flexibility index (Phi) is 6.26. The van der Waals surface area contributed by atoms with E-state index in [9.17, 15) is 0 Å². The average Bonchev–Trinajstić information content (AvgIpc) is 2.29. The first kappa shape index (κ1) is 14.8. The molecule has 0 nitrogen and oxygen atoms in total. The summed E-state index contributed by atoms with van der Waals surface area (Å²) in [5, 5.41) is 0. The van der Waals surface area contributed by atoms with Crippen molar-refractivity contribution in [3.63, 3.8) is 0 Å². The minimum Gasteiger partial charge on any atom is -0.0888 e. The number of hydrogen-bond donors (Lipinski definition) is 0. The lowest BCUT2D eigenvalue weighted by molar-refractivity contribution is 0.562. The van der Waals surface area contributed by atoms with Crippen molar-refractivity contribution < 1.29 is 0 Å². The van der Waals surface area contributed by atoms with Gasteiger partial charge in [-0.3, -0.25) is 0 Å². The summed E-state index contributed by atoms with van der Waals surface area (Å²) in [6.07, 6.45) is 3.74. The number of hydrogen-bond acceptors (Lipinski definition) is 0. The van der Waals surface area contributed by atoms with Crippen molar-refractivity contribution >= 4 is 15.9 Å². The molecule has 0 saturated heterocycles. The zero-order valence-corrected chi connectivity index (χ0v) is 13.1. The van der Waals surface area contributed by atoms with Gasteiger partial charge in [0.2, 0.25) is 0 Å². The van der Waals surface area contributed by atoms with Crippen LogP contribution in [0.2, 0.25) is 0 Å². The van der Waals surface area contributed by atoms with Crippen LogP contribution < -0.4 is 0 Å². The van der Waals surface area contributed by atoms with E-state index in [1.54, 1.807) is 0 Å². The summed E-state index contributed by atoms with van der Waals surface area (Å²) < 4.78 is 0. The van der Waals surface area contributed by atoms with Gasteiger partial charge in [0.05, 0.1) is 0 Å². The number of aryl methyl sites for hydroxylation is 1. The fraction of sp³-hybridized carbons (Fsp3) is 0.625. The molecule has 1 aromatic carbocycles. The van der Waals surface area contributed by atoms with Crippen LogP contribution in [-0.4, -0.2) is 4.83 Å². The van der Waals surface area contributed by atoms with E-state index >= 15 is 0 Å². The second-order valence-electron chi connectivity index (χ2n) is 5.55. The zero-order chi connectivity index (χ0) is 12.8. The van der Waals surface area contributed by atoms with E-state index in [0.29, 0.717) is 10.7 Å². The molecule has 0 fully saturated rings. The molecule has 0 aromatic heterocycles. The van der Waals surface area contributed by atoms with Gasteiger partial charge in [-0.05, 0) is 42.2 Å². The standard InChI is InChI=1S/C16H25Br/c1-12(2)15-10-8-14(9-11-15)6-5-7-16(17)13(3)4/h8-13,16H,5-7H2,1-4H3. The minimum absolute atomic E-state index is 0.636. The van der Waals surface area contributed by atoms with Crippen LogP contribution in [0.4, 0.5) is 0 Å². The van der Waals surface area contributed by atoms with Crippen LogP contribution in [0.3, 0.4) is 0 Å². The third-order valence-corrected chi connectivity index (χ3v) is 4.83. The molecule has 0 bridgehead atoms. The number of benzene rings is 1. The molecule has 0 amide bonds. The zero-order valence-electron chi connectivity index (χ0n) is 11.5. The largest absolute Gasteiger partial charge is 0.0888 e. The van der Waals surface area contributed by atoms with Crippen LogP contribution in [0.5, 0.6) is 0 Å². The van der Waals surface area contributed by atoms with Crippen LogP contribution in [-0.2, 0) is 6.42 Å². The highest BCUT2D eigenvalue weighted by Gasteiger charge is 2.08. The second kappa shape index (κ2) is 7.20. The molecule has 0 spiro atoms. The molecular formula is C16H25Br.